The standard InChI is InChI=1S/C17H15ClF2N2O5S/c1-28(24,25)22-16(23)11-5-14(20)15(6-13(11)19)27-10-4-12(18)17(21-7-10)26-8-9-2-3-9/h4-7,9H,2-3,8H2,1H3,(H,22,23). The van der Waals surface area contributed by atoms with Crippen LogP contribution in [0.15, 0.2) is 24.4 Å². The summed E-state index contributed by atoms with van der Waals surface area (Å²) < 4.78 is 62.7. The van der Waals surface area contributed by atoms with Crippen LogP contribution in [0.3, 0.4) is 0 Å². The second kappa shape index (κ2) is 7.88. The van der Waals surface area contributed by atoms with E-state index < -0.39 is 38.9 Å². The first-order valence-corrected chi connectivity index (χ1v) is 10.4. The predicted molar refractivity (Wildman–Crippen MR) is 96.2 cm³/mol. The van der Waals surface area contributed by atoms with Gasteiger partial charge in [-0.15, -0.1) is 0 Å². The van der Waals surface area contributed by atoms with Crippen molar-refractivity contribution >= 4 is 27.5 Å². The molecule has 11 heteroatoms. The van der Waals surface area contributed by atoms with Crippen molar-refractivity contribution in [1.29, 1.82) is 0 Å². The Balaban J connectivity index is 1.76. The second-order valence-electron chi connectivity index (χ2n) is 6.28. The van der Waals surface area contributed by atoms with Gasteiger partial charge in [0.25, 0.3) is 5.91 Å². The van der Waals surface area contributed by atoms with Crippen LogP contribution in [0.1, 0.15) is 23.2 Å². The van der Waals surface area contributed by atoms with Gasteiger partial charge in [-0.3, -0.25) is 4.79 Å². The lowest BCUT2D eigenvalue weighted by molar-refractivity contribution is 0.0977. The normalized spacial score (nSPS) is 13.9. The number of halogens is 3. The van der Waals surface area contributed by atoms with E-state index in [0.29, 0.717) is 30.9 Å². The third-order valence-corrected chi connectivity index (χ3v) is 4.53. The van der Waals surface area contributed by atoms with Crippen molar-refractivity contribution in [2.45, 2.75) is 12.8 Å². The molecule has 1 aliphatic rings. The monoisotopic (exact) mass is 432 g/mol. The van der Waals surface area contributed by atoms with Crippen LogP contribution in [0, 0.1) is 17.6 Å². The number of nitrogens with one attached hydrogen (secondary N) is 1. The number of sulfonamides is 1. The van der Waals surface area contributed by atoms with Crippen molar-refractivity contribution in [1.82, 2.24) is 9.71 Å². The number of ether oxygens (including phenoxy) is 2. The van der Waals surface area contributed by atoms with Crippen molar-refractivity contribution in [2.75, 3.05) is 12.9 Å². The predicted octanol–water partition coefficient (Wildman–Crippen LogP) is 3.28. The molecule has 7 nitrogen and oxygen atoms in total. The van der Waals surface area contributed by atoms with E-state index >= 15 is 0 Å². The molecule has 1 aromatic carbocycles. The van der Waals surface area contributed by atoms with E-state index in [1.54, 1.807) is 4.72 Å². The van der Waals surface area contributed by atoms with Gasteiger partial charge in [0.15, 0.2) is 11.6 Å². The summed E-state index contributed by atoms with van der Waals surface area (Å²) in [6.45, 7) is 0.504. The van der Waals surface area contributed by atoms with Gasteiger partial charge in [-0.2, -0.15) is 0 Å². The SMILES string of the molecule is CS(=O)(=O)NC(=O)c1cc(F)c(Oc2cnc(OCC3CC3)c(Cl)c2)cc1F. The average Bonchev–Trinajstić information content (AvgIpc) is 3.40. The molecule has 28 heavy (non-hydrogen) atoms. The lowest BCUT2D eigenvalue weighted by Crippen LogP contribution is -2.30. The zero-order chi connectivity index (χ0) is 20.5. The maximum atomic E-state index is 14.2. The molecule has 1 aliphatic carbocycles. The molecule has 1 saturated carbocycles. The van der Waals surface area contributed by atoms with Gasteiger partial charge in [0, 0.05) is 12.1 Å². The molecule has 0 spiro atoms. The maximum absolute atomic E-state index is 14.2. The number of aromatic nitrogens is 1. The van der Waals surface area contributed by atoms with Crippen LogP contribution in [0.5, 0.6) is 17.4 Å². The molecule has 3 rings (SSSR count). The summed E-state index contributed by atoms with van der Waals surface area (Å²) in [4.78, 5) is 15.7. The number of carbonyl (C=O) groups excluding carboxylic acids is 1. The fourth-order valence-electron chi connectivity index (χ4n) is 2.18. The fourth-order valence-corrected chi connectivity index (χ4v) is 2.84. The molecule has 0 unspecified atom stereocenters. The highest BCUT2D eigenvalue weighted by Crippen LogP contribution is 2.33. The number of amides is 1. The largest absolute Gasteiger partial charge is 0.476 e. The molecule has 0 aliphatic heterocycles. The topological polar surface area (TPSA) is 94.6 Å². The molecular weight excluding hydrogens is 418 g/mol. The minimum atomic E-state index is -3.93. The zero-order valence-corrected chi connectivity index (χ0v) is 16.1. The Labute approximate surface area is 164 Å². The molecule has 0 atom stereocenters. The molecule has 1 heterocycles. The lowest BCUT2D eigenvalue weighted by Gasteiger charge is -2.11. The summed E-state index contributed by atoms with van der Waals surface area (Å²) in [5, 5.41) is 0.142. The summed E-state index contributed by atoms with van der Waals surface area (Å²) in [6.07, 6.45) is 4.14. The minimum absolute atomic E-state index is 0.0235. The van der Waals surface area contributed by atoms with Gasteiger partial charge in [0.1, 0.15) is 16.6 Å². The van der Waals surface area contributed by atoms with Crippen LogP contribution in [-0.2, 0) is 10.0 Å². The van der Waals surface area contributed by atoms with Crippen LogP contribution in [0.4, 0.5) is 8.78 Å². The van der Waals surface area contributed by atoms with Crippen molar-refractivity contribution < 1.29 is 31.5 Å². The molecule has 2 aromatic rings. The first kappa shape index (κ1) is 20.3. The van der Waals surface area contributed by atoms with Crippen molar-refractivity contribution in [3.8, 4) is 17.4 Å². The molecule has 1 amide bonds. The van der Waals surface area contributed by atoms with Gasteiger partial charge < -0.3 is 9.47 Å². The van der Waals surface area contributed by atoms with Gasteiger partial charge in [-0.05, 0) is 24.8 Å². The Morgan fingerprint density at radius 1 is 1.29 bits per heavy atom. The number of nitrogens with zero attached hydrogens (tertiary/aromatic N) is 1. The van der Waals surface area contributed by atoms with E-state index in [2.05, 4.69) is 4.98 Å². The van der Waals surface area contributed by atoms with Gasteiger partial charge in [-0.1, -0.05) is 11.6 Å². The number of hydrogen-bond donors (Lipinski definition) is 1. The summed E-state index contributed by atoms with van der Waals surface area (Å²) in [5.74, 6) is -3.34. The van der Waals surface area contributed by atoms with Crippen molar-refractivity contribution in [2.24, 2.45) is 5.92 Å². The third-order valence-electron chi connectivity index (χ3n) is 3.71. The van der Waals surface area contributed by atoms with E-state index in [1.807, 2.05) is 0 Å². The first-order valence-electron chi connectivity index (χ1n) is 8.10. The van der Waals surface area contributed by atoms with Gasteiger partial charge in [-0.25, -0.2) is 26.9 Å². The number of rotatable bonds is 7. The van der Waals surface area contributed by atoms with E-state index in [0.717, 1.165) is 12.8 Å². The van der Waals surface area contributed by atoms with Crippen LogP contribution in [0.2, 0.25) is 5.02 Å². The van der Waals surface area contributed by atoms with Crippen molar-refractivity contribution in [3.63, 3.8) is 0 Å². The molecule has 1 fully saturated rings. The number of pyridine rings is 1. The van der Waals surface area contributed by atoms with E-state index in [9.17, 15) is 22.0 Å². The zero-order valence-electron chi connectivity index (χ0n) is 14.5. The number of hydrogen-bond acceptors (Lipinski definition) is 6. The van der Waals surface area contributed by atoms with Crippen LogP contribution < -0.4 is 14.2 Å². The smallest absolute Gasteiger partial charge is 0.267 e. The molecule has 1 aromatic heterocycles. The Morgan fingerprint density at radius 2 is 2.00 bits per heavy atom. The lowest BCUT2D eigenvalue weighted by atomic mass is 10.2. The minimum Gasteiger partial charge on any atom is -0.476 e. The van der Waals surface area contributed by atoms with Crippen molar-refractivity contribution in [3.05, 3.63) is 46.6 Å². The molecule has 0 saturated heterocycles. The highest BCUT2D eigenvalue weighted by Gasteiger charge is 2.23. The first-order chi connectivity index (χ1) is 13.1. The second-order valence-corrected chi connectivity index (χ2v) is 8.44. The summed E-state index contributed by atoms with van der Waals surface area (Å²) >= 11 is 6.05. The van der Waals surface area contributed by atoms with Gasteiger partial charge in [0.05, 0.1) is 24.6 Å². The summed E-state index contributed by atoms with van der Waals surface area (Å²) in [5.41, 5.74) is -0.782. The quantitative estimate of drug-likeness (QED) is 0.721. The molecule has 1 N–H and O–H groups in total. The maximum Gasteiger partial charge on any atom is 0.267 e. The average molecular weight is 433 g/mol. The fraction of sp³-hybridized carbons (Fsp3) is 0.294. The number of carbonyl (C=O) groups is 1. The summed E-state index contributed by atoms with van der Waals surface area (Å²) in [6, 6.07) is 2.49. The molecular formula is C17H15ClF2N2O5S. The highest BCUT2D eigenvalue weighted by molar-refractivity contribution is 7.89. The number of benzene rings is 1. The summed E-state index contributed by atoms with van der Waals surface area (Å²) in [7, 11) is -3.93. The third kappa shape index (κ3) is 5.29. The van der Waals surface area contributed by atoms with E-state index in [1.165, 1.54) is 12.3 Å². The van der Waals surface area contributed by atoms with E-state index in [-0.39, 0.29) is 16.7 Å². The van der Waals surface area contributed by atoms with Gasteiger partial charge >= 0.3 is 0 Å². The molecule has 0 radical (unpaired) electrons. The Morgan fingerprint density at radius 3 is 2.61 bits per heavy atom. The van der Waals surface area contributed by atoms with Gasteiger partial charge in [0.2, 0.25) is 15.9 Å². The molecule has 150 valence electrons. The molecule has 0 bridgehead atoms. The van der Waals surface area contributed by atoms with Crippen LogP contribution in [0.25, 0.3) is 0 Å². The van der Waals surface area contributed by atoms with Crippen LogP contribution in [-0.4, -0.2) is 32.2 Å². The Hall–Kier alpha value is -2.46. The Bertz CT molecular complexity index is 1030. The van der Waals surface area contributed by atoms with Crippen LogP contribution >= 0.6 is 11.6 Å². The Kier molecular flexibility index (Phi) is 5.71. The highest BCUT2D eigenvalue weighted by atomic mass is 35.5. The van der Waals surface area contributed by atoms with E-state index in [4.69, 9.17) is 21.1 Å².